The van der Waals surface area contributed by atoms with Crippen LogP contribution in [-0.2, 0) is 11.3 Å². The normalized spacial score (nSPS) is 25.1. The average Bonchev–Trinajstić information content (AvgIpc) is 2.42. The Morgan fingerprint density at radius 1 is 1.61 bits per heavy atom. The Hall–Kier alpha value is -1.17. The molecule has 5 nitrogen and oxygen atoms in total. The molecule has 1 fully saturated rings. The summed E-state index contributed by atoms with van der Waals surface area (Å²) in [7, 11) is 1.65. The molecule has 2 heterocycles. The number of aromatic nitrogens is 1. The molecule has 1 aromatic heterocycles. The highest BCUT2D eigenvalue weighted by atomic mass is 16.5. The van der Waals surface area contributed by atoms with Crippen LogP contribution in [-0.4, -0.2) is 48.8 Å². The fraction of sp³-hybridized carbons (Fsp3) is 0.615. The van der Waals surface area contributed by atoms with Gasteiger partial charge in [-0.2, -0.15) is 0 Å². The van der Waals surface area contributed by atoms with Gasteiger partial charge in [0, 0.05) is 37.4 Å². The third-order valence-electron chi connectivity index (χ3n) is 3.31. The molecule has 1 aliphatic heterocycles. The summed E-state index contributed by atoms with van der Waals surface area (Å²) in [6, 6.07) is 4.37. The second-order valence-electron chi connectivity index (χ2n) is 4.64. The molecule has 0 amide bonds. The fourth-order valence-corrected chi connectivity index (χ4v) is 2.18. The number of rotatable bonds is 4. The standard InChI is InChI=1S/C13H21N3O2/c1-10-9-18-12(6-14)8-16(10)7-11-4-3-5-15-13(11)17-2/h3-5,10,12H,6-9,14H2,1-2H3. The molecule has 1 aliphatic rings. The van der Waals surface area contributed by atoms with E-state index in [-0.39, 0.29) is 6.10 Å². The first-order chi connectivity index (χ1) is 8.74. The zero-order valence-electron chi connectivity index (χ0n) is 11.0. The van der Waals surface area contributed by atoms with Crippen molar-refractivity contribution in [3.05, 3.63) is 23.9 Å². The Kier molecular flexibility index (Phi) is 4.52. The summed E-state index contributed by atoms with van der Waals surface area (Å²) in [6.45, 7) is 5.13. The Balaban J connectivity index is 2.07. The summed E-state index contributed by atoms with van der Waals surface area (Å²) in [5.74, 6) is 0.695. The molecule has 0 bridgehead atoms. The number of pyridine rings is 1. The SMILES string of the molecule is COc1ncccc1CN1CC(CN)OCC1C. The van der Waals surface area contributed by atoms with Gasteiger partial charge in [-0.1, -0.05) is 6.07 Å². The zero-order chi connectivity index (χ0) is 13.0. The van der Waals surface area contributed by atoms with Crippen LogP contribution in [0.1, 0.15) is 12.5 Å². The maximum Gasteiger partial charge on any atom is 0.217 e. The van der Waals surface area contributed by atoms with E-state index in [4.69, 9.17) is 15.2 Å². The van der Waals surface area contributed by atoms with Gasteiger partial charge in [-0.05, 0) is 13.0 Å². The molecule has 2 atom stereocenters. The van der Waals surface area contributed by atoms with Crippen molar-refractivity contribution in [1.29, 1.82) is 0 Å². The van der Waals surface area contributed by atoms with Gasteiger partial charge in [0.2, 0.25) is 5.88 Å². The third-order valence-corrected chi connectivity index (χ3v) is 3.31. The first kappa shape index (κ1) is 13.3. The van der Waals surface area contributed by atoms with E-state index in [9.17, 15) is 0 Å². The highest BCUT2D eigenvalue weighted by Gasteiger charge is 2.25. The minimum absolute atomic E-state index is 0.129. The molecule has 1 aromatic rings. The van der Waals surface area contributed by atoms with E-state index in [2.05, 4.69) is 16.8 Å². The molecule has 2 N–H and O–H groups in total. The van der Waals surface area contributed by atoms with Crippen LogP contribution in [0.15, 0.2) is 18.3 Å². The van der Waals surface area contributed by atoms with E-state index in [0.717, 1.165) is 25.3 Å². The molecule has 2 rings (SSSR count). The Labute approximate surface area is 108 Å². The van der Waals surface area contributed by atoms with E-state index < -0.39 is 0 Å². The lowest BCUT2D eigenvalue weighted by Gasteiger charge is -2.37. The predicted octanol–water partition coefficient (Wildman–Crippen LogP) is 0.638. The van der Waals surface area contributed by atoms with Gasteiger partial charge in [0.25, 0.3) is 0 Å². The van der Waals surface area contributed by atoms with Crippen LogP contribution < -0.4 is 10.5 Å². The van der Waals surface area contributed by atoms with Gasteiger partial charge in [-0.15, -0.1) is 0 Å². The van der Waals surface area contributed by atoms with Crippen LogP contribution in [0.5, 0.6) is 5.88 Å². The number of hydrogen-bond donors (Lipinski definition) is 1. The minimum atomic E-state index is 0.129. The van der Waals surface area contributed by atoms with Crippen LogP contribution >= 0.6 is 0 Å². The number of nitrogens with two attached hydrogens (primary N) is 1. The van der Waals surface area contributed by atoms with Gasteiger partial charge in [0.15, 0.2) is 0 Å². The van der Waals surface area contributed by atoms with Crippen molar-refractivity contribution in [2.24, 2.45) is 5.73 Å². The number of methoxy groups -OCH3 is 1. The minimum Gasteiger partial charge on any atom is -0.481 e. The van der Waals surface area contributed by atoms with Crippen molar-refractivity contribution in [2.45, 2.75) is 25.6 Å². The topological polar surface area (TPSA) is 60.6 Å². The first-order valence-electron chi connectivity index (χ1n) is 6.28. The lowest BCUT2D eigenvalue weighted by Crippen LogP contribution is -2.50. The van der Waals surface area contributed by atoms with Crippen LogP contribution in [0.2, 0.25) is 0 Å². The van der Waals surface area contributed by atoms with Crippen molar-refractivity contribution < 1.29 is 9.47 Å². The maximum atomic E-state index is 5.67. The summed E-state index contributed by atoms with van der Waals surface area (Å²) >= 11 is 0. The molecule has 2 unspecified atom stereocenters. The van der Waals surface area contributed by atoms with Gasteiger partial charge < -0.3 is 15.2 Å². The maximum absolute atomic E-state index is 5.67. The summed E-state index contributed by atoms with van der Waals surface area (Å²) in [4.78, 5) is 6.58. The van der Waals surface area contributed by atoms with Gasteiger partial charge in [-0.3, -0.25) is 4.90 Å². The Bertz CT molecular complexity index is 386. The van der Waals surface area contributed by atoms with Crippen LogP contribution in [0.25, 0.3) is 0 Å². The van der Waals surface area contributed by atoms with Gasteiger partial charge in [-0.25, -0.2) is 4.98 Å². The van der Waals surface area contributed by atoms with E-state index in [0.29, 0.717) is 18.5 Å². The number of ether oxygens (including phenoxy) is 2. The molecule has 18 heavy (non-hydrogen) atoms. The summed E-state index contributed by atoms with van der Waals surface area (Å²) in [5.41, 5.74) is 6.77. The van der Waals surface area contributed by atoms with E-state index in [1.165, 1.54) is 0 Å². The van der Waals surface area contributed by atoms with Gasteiger partial charge in [0.05, 0.1) is 19.8 Å². The van der Waals surface area contributed by atoms with Crippen LogP contribution in [0.4, 0.5) is 0 Å². The Morgan fingerprint density at radius 2 is 2.44 bits per heavy atom. The van der Waals surface area contributed by atoms with E-state index in [1.807, 2.05) is 12.1 Å². The lowest BCUT2D eigenvalue weighted by atomic mass is 10.1. The van der Waals surface area contributed by atoms with Crippen molar-refractivity contribution in [3.8, 4) is 5.88 Å². The molecule has 0 radical (unpaired) electrons. The zero-order valence-corrected chi connectivity index (χ0v) is 11.0. The highest BCUT2D eigenvalue weighted by Crippen LogP contribution is 2.20. The van der Waals surface area contributed by atoms with Crippen molar-refractivity contribution in [3.63, 3.8) is 0 Å². The van der Waals surface area contributed by atoms with E-state index in [1.54, 1.807) is 13.3 Å². The predicted molar refractivity (Wildman–Crippen MR) is 69.5 cm³/mol. The van der Waals surface area contributed by atoms with Crippen LogP contribution in [0.3, 0.4) is 0 Å². The molecular formula is C13H21N3O2. The number of hydrogen-bond acceptors (Lipinski definition) is 5. The molecule has 0 aromatic carbocycles. The number of nitrogens with zero attached hydrogens (tertiary/aromatic N) is 2. The number of morpholine rings is 1. The summed E-state index contributed by atoms with van der Waals surface area (Å²) < 4.78 is 10.9. The molecule has 5 heteroatoms. The molecule has 0 saturated carbocycles. The second-order valence-corrected chi connectivity index (χ2v) is 4.64. The molecule has 100 valence electrons. The molecule has 0 spiro atoms. The van der Waals surface area contributed by atoms with Crippen LogP contribution in [0, 0.1) is 0 Å². The quantitative estimate of drug-likeness (QED) is 0.851. The molecule has 0 aliphatic carbocycles. The summed E-state index contributed by atoms with van der Waals surface area (Å²) in [6.07, 6.45) is 1.87. The highest BCUT2D eigenvalue weighted by molar-refractivity contribution is 5.25. The molecular weight excluding hydrogens is 230 g/mol. The fourth-order valence-electron chi connectivity index (χ4n) is 2.18. The second kappa shape index (κ2) is 6.13. The van der Waals surface area contributed by atoms with Crippen molar-refractivity contribution in [2.75, 3.05) is 26.8 Å². The summed E-state index contributed by atoms with van der Waals surface area (Å²) in [5, 5.41) is 0. The lowest BCUT2D eigenvalue weighted by molar-refractivity contribution is -0.0569. The van der Waals surface area contributed by atoms with Gasteiger partial charge in [0.1, 0.15) is 0 Å². The monoisotopic (exact) mass is 251 g/mol. The average molecular weight is 251 g/mol. The van der Waals surface area contributed by atoms with Crippen molar-refractivity contribution in [1.82, 2.24) is 9.88 Å². The third kappa shape index (κ3) is 2.98. The van der Waals surface area contributed by atoms with Gasteiger partial charge >= 0.3 is 0 Å². The first-order valence-corrected chi connectivity index (χ1v) is 6.28. The van der Waals surface area contributed by atoms with E-state index >= 15 is 0 Å². The molecule has 1 saturated heterocycles. The smallest absolute Gasteiger partial charge is 0.217 e. The Morgan fingerprint density at radius 3 is 3.17 bits per heavy atom. The van der Waals surface area contributed by atoms with Crippen molar-refractivity contribution >= 4 is 0 Å². The largest absolute Gasteiger partial charge is 0.481 e.